The fourth-order valence-electron chi connectivity index (χ4n) is 2.36. The second kappa shape index (κ2) is 10.3. The maximum Gasteiger partial charge on any atom is 0.338 e. The molecular weight excluding hydrogens is 430 g/mol. The third kappa shape index (κ3) is 6.60. The van der Waals surface area contributed by atoms with Crippen LogP contribution in [0.25, 0.3) is 10.2 Å². The molecule has 0 aliphatic carbocycles. The number of esters is 1. The topological polar surface area (TPSA) is 68.7 Å². The van der Waals surface area contributed by atoms with Crippen LogP contribution in [-0.2, 0) is 4.74 Å². The molecule has 2 aromatic carbocycles. The summed E-state index contributed by atoms with van der Waals surface area (Å²) in [7, 11) is 0. The van der Waals surface area contributed by atoms with Crippen LogP contribution < -0.4 is 4.74 Å². The fourth-order valence-corrected chi connectivity index (χ4v) is 4.51. The van der Waals surface area contributed by atoms with Gasteiger partial charge in [0, 0.05) is 10.8 Å². The van der Waals surface area contributed by atoms with Crippen LogP contribution in [0.3, 0.4) is 0 Å². The van der Waals surface area contributed by atoms with Gasteiger partial charge in [-0.05, 0) is 48.4 Å². The maximum absolute atomic E-state index is 11.9. The van der Waals surface area contributed by atoms with E-state index in [1.807, 2.05) is 32.0 Å². The van der Waals surface area contributed by atoms with Crippen LogP contribution in [-0.4, -0.2) is 41.1 Å². The quantitative estimate of drug-likeness (QED) is 0.352. The molecule has 3 aromatic rings. The first-order valence-corrected chi connectivity index (χ1v) is 11.4. The SMILES string of the molecule is CC(C)COC(=O)c1ccc(OCC(O)CSc2nc3cc(Cl)ccc3s2)cc1. The molecule has 29 heavy (non-hydrogen) atoms. The van der Waals surface area contributed by atoms with Gasteiger partial charge >= 0.3 is 5.97 Å². The number of hydrogen-bond donors (Lipinski definition) is 1. The number of aliphatic hydroxyl groups is 1. The van der Waals surface area contributed by atoms with Crippen LogP contribution in [0.4, 0.5) is 0 Å². The van der Waals surface area contributed by atoms with Crippen LogP contribution in [0.2, 0.25) is 5.02 Å². The summed E-state index contributed by atoms with van der Waals surface area (Å²) in [5.74, 6) is 0.997. The number of aromatic nitrogens is 1. The molecule has 154 valence electrons. The molecule has 0 spiro atoms. The summed E-state index contributed by atoms with van der Waals surface area (Å²) in [5.41, 5.74) is 1.34. The molecular formula is C21H22ClNO4S2. The monoisotopic (exact) mass is 451 g/mol. The van der Waals surface area contributed by atoms with E-state index in [9.17, 15) is 9.90 Å². The van der Waals surface area contributed by atoms with Gasteiger partial charge in [0.25, 0.3) is 0 Å². The van der Waals surface area contributed by atoms with E-state index in [2.05, 4.69) is 4.98 Å². The van der Waals surface area contributed by atoms with Crippen molar-refractivity contribution in [2.75, 3.05) is 19.0 Å². The molecule has 0 aliphatic heterocycles. The Morgan fingerprint density at radius 1 is 1.21 bits per heavy atom. The summed E-state index contributed by atoms with van der Waals surface area (Å²) in [6.07, 6.45) is -0.647. The van der Waals surface area contributed by atoms with Gasteiger partial charge in [0.1, 0.15) is 12.4 Å². The zero-order valence-electron chi connectivity index (χ0n) is 16.1. The normalized spacial score (nSPS) is 12.3. The van der Waals surface area contributed by atoms with Crippen LogP contribution in [0.15, 0.2) is 46.8 Å². The van der Waals surface area contributed by atoms with Gasteiger partial charge in [-0.15, -0.1) is 11.3 Å². The summed E-state index contributed by atoms with van der Waals surface area (Å²) in [4.78, 5) is 16.4. The molecule has 1 atom stereocenters. The van der Waals surface area contributed by atoms with Crippen molar-refractivity contribution in [3.8, 4) is 5.75 Å². The summed E-state index contributed by atoms with van der Waals surface area (Å²) in [5, 5.41) is 10.9. The van der Waals surface area contributed by atoms with E-state index in [0.717, 1.165) is 14.6 Å². The molecule has 8 heteroatoms. The third-order valence-corrected chi connectivity index (χ3v) is 6.37. The Balaban J connectivity index is 1.44. The number of nitrogens with zero attached hydrogens (tertiary/aromatic N) is 1. The first-order valence-electron chi connectivity index (χ1n) is 9.17. The Bertz CT molecular complexity index is 959. The van der Waals surface area contributed by atoms with Crippen molar-refractivity contribution in [3.63, 3.8) is 0 Å². The summed E-state index contributed by atoms with van der Waals surface area (Å²) in [6, 6.07) is 12.3. The predicted octanol–water partition coefficient (Wildman–Crippen LogP) is 5.29. The van der Waals surface area contributed by atoms with Crippen LogP contribution in [0.1, 0.15) is 24.2 Å². The number of carbonyl (C=O) groups is 1. The van der Waals surface area contributed by atoms with Crippen molar-refractivity contribution in [1.82, 2.24) is 4.98 Å². The number of halogens is 1. The maximum atomic E-state index is 11.9. The van der Waals surface area contributed by atoms with E-state index in [1.54, 1.807) is 35.6 Å². The number of aliphatic hydroxyl groups excluding tert-OH is 1. The lowest BCUT2D eigenvalue weighted by Gasteiger charge is -2.12. The Labute approximate surface area is 183 Å². The zero-order valence-corrected chi connectivity index (χ0v) is 18.5. The number of fused-ring (bicyclic) bond motifs is 1. The van der Waals surface area contributed by atoms with E-state index in [-0.39, 0.29) is 12.6 Å². The molecule has 1 N–H and O–H groups in total. The summed E-state index contributed by atoms with van der Waals surface area (Å²) >= 11 is 9.04. The molecule has 0 radical (unpaired) electrons. The molecule has 0 bridgehead atoms. The molecule has 0 amide bonds. The minimum absolute atomic E-state index is 0.154. The van der Waals surface area contributed by atoms with Crippen LogP contribution in [0.5, 0.6) is 5.75 Å². The number of thiazole rings is 1. The zero-order chi connectivity index (χ0) is 20.8. The number of thioether (sulfide) groups is 1. The Hall–Kier alpha value is -1.80. The predicted molar refractivity (Wildman–Crippen MR) is 118 cm³/mol. The highest BCUT2D eigenvalue weighted by molar-refractivity contribution is 8.01. The van der Waals surface area contributed by atoms with E-state index in [1.165, 1.54) is 11.8 Å². The standard InChI is InChI=1S/C21H22ClNO4S2/c1-13(2)10-27-20(25)14-3-6-17(7-4-14)26-11-16(24)12-28-21-23-18-9-15(22)5-8-19(18)29-21/h3-9,13,16,24H,10-12H2,1-2H3. The minimum atomic E-state index is -0.647. The number of rotatable bonds is 9. The van der Waals surface area contributed by atoms with Gasteiger partial charge in [-0.2, -0.15) is 0 Å². The molecule has 0 saturated heterocycles. The van der Waals surface area contributed by atoms with Crippen molar-refractivity contribution >= 4 is 50.9 Å². The lowest BCUT2D eigenvalue weighted by Crippen LogP contribution is -2.20. The first kappa shape index (κ1) is 21.9. The van der Waals surface area contributed by atoms with Gasteiger partial charge in [-0.1, -0.05) is 37.2 Å². The largest absolute Gasteiger partial charge is 0.491 e. The van der Waals surface area contributed by atoms with Gasteiger partial charge in [-0.3, -0.25) is 0 Å². The molecule has 1 heterocycles. The second-order valence-corrected chi connectivity index (χ2v) is 9.62. The Kier molecular flexibility index (Phi) is 7.77. The summed E-state index contributed by atoms with van der Waals surface area (Å²) < 4.78 is 12.8. The Morgan fingerprint density at radius 2 is 1.97 bits per heavy atom. The second-order valence-electron chi connectivity index (χ2n) is 6.88. The van der Waals surface area contributed by atoms with E-state index >= 15 is 0 Å². The van der Waals surface area contributed by atoms with E-state index in [0.29, 0.717) is 34.6 Å². The molecule has 0 fully saturated rings. The Morgan fingerprint density at radius 3 is 2.69 bits per heavy atom. The van der Waals surface area contributed by atoms with Crippen LogP contribution >= 0.6 is 34.7 Å². The fraction of sp³-hybridized carbons (Fsp3) is 0.333. The van der Waals surface area contributed by atoms with Crippen molar-refractivity contribution in [2.45, 2.75) is 24.3 Å². The van der Waals surface area contributed by atoms with Crippen LogP contribution in [0, 0.1) is 5.92 Å². The molecule has 0 saturated carbocycles. The van der Waals surface area contributed by atoms with Crippen molar-refractivity contribution in [2.24, 2.45) is 5.92 Å². The highest BCUT2D eigenvalue weighted by Gasteiger charge is 2.11. The molecule has 1 aromatic heterocycles. The first-order chi connectivity index (χ1) is 13.9. The van der Waals surface area contributed by atoms with E-state index < -0.39 is 6.10 Å². The van der Waals surface area contributed by atoms with Crippen molar-refractivity contribution in [1.29, 1.82) is 0 Å². The van der Waals surface area contributed by atoms with Gasteiger partial charge in [0.15, 0.2) is 4.34 Å². The minimum Gasteiger partial charge on any atom is -0.491 e. The molecule has 1 unspecified atom stereocenters. The average Bonchev–Trinajstić information content (AvgIpc) is 3.11. The number of ether oxygens (including phenoxy) is 2. The van der Waals surface area contributed by atoms with Crippen molar-refractivity contribution in [3.05, 3.63) is 53.1 Å². The molecule has 5 nitrogen and oxygen atoms in total. The highest BCUT2D eigenvalue weighted by Crippen LogP contribution is 2.31. The number of benzene rings is 2. The lowest BCUT2D eigenvalue weighted by molar-refractivity contribution is 0.0459. The van der Waals surface area contributed by atoms with Gasteiger partial charge in [0.2, 0.25) is 0 Å². The number of hydrogen-bond acceptors (Lipinski definition) is 7. The highest BCUT2D eigenvalue weighted by atomic mass is 35.5. The van der Waals surface area contributed by atoms with Crippen molar-refractivity contribution < 1.29 is 19.4 Å². The van der Waals surface area contributed by atoms with E-state index in [4.69, 9.17) is 21.1 Å². The third-order valence-electron chi connectivity index (χ3n) is 3.81. The van der Waals surface area contributed by atoms with Gasteiger partial charge in [-0.25, -0.2) is 9.78 Å². The molecule has 3 rings (SSSR count). The summed E-state index contributed by atoms with van der Waals surface area (Å²) in [6.45, 7) is 4.52. The lowest BCUT2D eigenvalue weighted by atomic mass is 10.2. The average molecular weight is 452 g/mol. The number of carbonyl (C=O) groups excluding carboxylic acids is 1. The van der Waals surface area contributed by atoms with Gasteiger partial charge in [0.05, 0.1) is 28.5 Å². The smallest absolute Gasteiger partial charge is 0.338 e. The van der Waals surface area contributed by atoms with Gasteiger partial charge < -0.3 is 14.6 Å². The molecule has 0 aliphatic rings.